The monoisotopic (exact) mass is 304 g/mol. The van der Waals surface area contributed by atoms with Crippen molar-refractivity contribution in [1.82, 2.24) is 9.78 Å². The van der Waals surface area contributed by atoms with Gasteiger partial charge in [0, 0.05) is 24.5 Å². The van der Waals surface area contributed by atoms with Crippen molar-refractivity contribution in [3.05, 3.63) is 16.4 Å². The predicted octanol–water partition coefficient (Wildman–Crippen LogP) is 2.15. The number of hydrogen-bond acceptors (Lipinski definition) is 4. The maximum absolute atomic E-state index is 10.3. The zero-order valence-electron chi connectivity index (χ0n) is 11.4. The number of aliphatic hydroxyl groups is 1. The Labute approximate surface area is 123 Å². The van der Waals surface area contributed by atoms with Gasteiger partial charge in [0.05, 0.1) is 35.2 Å². The lowest BCUT2D eigenvalue weighted by Crippen LogP contribution is -2.37. The van der Waals surface area contributed by atoms with Crippen molar-refractivity contribution >= 4 is 23.4 Å². The number of aryl methyl sites for hydroxylation is 2. The molecule has 2 rings (SSSR count). The molecule has 1 fully saturated rings. The van der Waals surface area contributed by atoms with E-state index in [4.69, 9.17) is 16.3 Å². The van der Waals surface area contributed by atoms with E-state index in [9.17, 15) is 5.11 Å². The van der Waals surface area contributed by atoms with E-state index in [0.717, 1.165) is 35.9 Å². The summed E-state index contributed by atoms with van der Waals surface area (Å²) in [5.41, 5.74) is 1.83. The molecule has 0 radical (unpaired) electrons. The van der Waals surface area contributed by atoms with E-state index < -0.39 is 6.10 Å². The summed E-state index contributed by atoms with van der Waals surface area (Å²) in [7, 11) is 0. The lowest BCUT2D eigenvalue weighted by Gasteiger charge is -2.26. The van der Waals surface area contributed by atoms with Gasteiger partial charge in [-0.3, -0.25) is 4.68 Å². The van der Waals surface area contributed by atoms with Crippen LogP contribution in [0, 0.1) is 0 Å². The van der Waals surface area contributed by atoms with E-state index in [1.54, 1.807) is 0 Å². The quantitative estimate of drug-likeness (QED) is 0.905. The average molecular weight is 305 g/mol. The van der Waals surface area contributed by atoms with Crippen LogP contribution in [0.1, 0.15) is 25.2 Å². The summed E-state index contributed by atoms with van der Waals surface area (Å²) >= 11 is 8.18. The van der Waals surface area contributed by atoms with Crippen molar-refractivity contribution in [3.63, 3.8) is 0 Å². The van der Waals surface area contributed by atoms with E-state index in [-0.39, 0.29) is 6.10 Å². The van der Waals surface area contributed by atoms with Crippen LogP contribution in [0.15, 0.2) is 0 Å². The third kappa shape index (κ3) is 3.45. The zero-order chi connectivity index (χ0) is 13.8. The number of aromatic nitrogens is 2. The van der Waals surface area contributed by atoms with Crippen molar-refractivity contribution in [2.24, 2.45) is 0 Å². The number of thioether (sulfide) groups is 1. The van der Waals surface area contributed by atoms with E-state index in [2.05, 4.69) is 5.10 Å². The molecule has 0 saturated carbocycles. The zero-order valence-corrected chi connectivity index (χ0v) is 13.0. The number of ether oxygens (including phenoxy) is 1. The van der Waals surface area contributed by atoms with Crippen molar-refractivity contribution in [2.75, 3.05) is 18.1 Å². The highest BCUT2D eigenvalue weighted by molar-refractivity contribution is 7.99. The molecule has 1 saturated heterocycles. The molecule has 2 atom stereocenters. The average Bonchev–Trinajstić information content (AvgIpc) is 2.76. The van der Waals surface area contributed by atoms with Gasteiger partial charge in [-0.2, -0.15) is 16.9 Å². The summed E-state index contributed by atoms with van der Waals surface area (Å²) in [4.78, 5) is 0. The summed E-state index contributed by atoms with van der Waals surface area (Å²) in [6, 6.07) is 0. The van der Waals surface area contributed by atoms with E-state index >= 15 is 0 Å². The number of hydrogen-bond donors (Lipinski definition) is 1. The van der Waals surface area contributed by atoms with Gasteiger partial charge in [0.1, 0.15) is 0 Å². The maximum atomic E-state index is 10.3. The molecule has 108 valence electrons. The molecule has 4 nitrogen and oxygen atoms in total. The summed E-state index contributed by atoms with van der Waals surface area (Å²) in [6.07, 6.45) is 0.701. The normalized spacial score (nSPS) is 21.6. The van der Waals surface area contributed by atoms with Gasteiger partial charge in [-0.05, 0) is 13.3 Å². The van der Waals surface area contributed by atoms with E-state index in [1.807, 2.05) is 30.3 Å². The molecule has 1 N–H and O–H groups in total. The highest BCUT2D eigenvalue weighted by Gasteiger charge is 2.26. The molecule has 1 aliphatic heterocycles. The second-order valence-corrected chi connectivity index (χ2v) is 6.16. The Balaban J connectivity index is 2.10. The van der Waals surface area contributed by atoms with Crippen LogP contribution >= 0.6 is 23.4 Å². The largest absolute Gasteiger partial charge is 0.390 e. The Kier molecular flexibility index (Phi) is 5.57. The summed E-state index contributed by atoms with van der Waals surface area (Å²) in [5, 5.41) is 15.5. The number of nitrogens with zero attached hydrogens (tertiary/aromatic N) is 2. The minimum Gasteiger partial charge on any atom is -0.390 e. The number of halogens is 1. The maximum Gasteiger partial charge on any atom is 0.0928 e. The third-order valence-electron chi connectivity index (χ3n) is 3.37. The van der Waals surface area contributed by atoms with Crippen LogP contribution in [0.4, 0.5) is 0 Å². The van der Waals surface area contributed by atoms with Crippen LogP contribution in [0.5, 0.6) is 0 Å². The first-order valence-electron chi connectivity index (χ1n) is 6.78. The van der Waals surface area contributed by atoms with Crippen molar-refractivity contribution in [2.45, 2.75) is 45.4 Å². The molecule has 0 bridgehead atoms. The van der Waals surface area contributed by atoms with E-state index in [1.165, 1.54) is 0 Å². The predicted molar refractivity (Wildman–Crippen MR) is 79.1 cm³/mol. The number of aliphatic hydroxyl groups excluding tert-OH is 1. The molecule has 0 aromatic carbocycles. The highest BCUT2D eigenvalue weighted by atomic mass is 35.5. The molecule has 1 aromatic heterocycles. The van der Waals surface area contributed by atoms with Crippen LogP contribution in [-0.4, -0.2) is 45.2 Å². The van der Waals surface area contributed by atoms with Crippen LogP contribution in [0.25, 0.3) is 0 Å². The van der Waals surface area contributed by atoms with Crippen LogP contribution < -0.4 is 0 Å². The van der Waals surface area contributed by atoms with Gasteiger partial charge in [-0.1, -0.05) is 18.5 Å². The van der Waals surface area contributed by atoms with Crippen LogP contribution in [-0.2, 0) is 24.1 Å². The minimum atomic E-state index is -0.517. The number of rotatable bonds is 5. The fraction of sp³-hybridized carbons (Fsp3) is 0.769. The highest BCUT2D eigenvalue weighted by Crippen LogP contribution is 2.25. The van der Waals surface area contributed by atoms with Gasteiger partial charge in [-0.25, -0.2) is 0 Å². The molecule has 2 heterocycles. The van der Waals surface area contributed by atoms with Gasteiger partial charge >= 0.3 is 0 Å². The summed E-state index contributed by atoms with van der Waals surface area (Å²) < 4.78 is 7.50. The fourth-order valence-electron chi connectivity index (χ4n) is 2.27. The molecular weight excluding hydrogens is 284 g/mol. The molecule has 0 amide bonds. The van der Waals surface area contributed by atoms with Gasteiger partial charge < -0.3 is 9.84 Å². The lowest BCUT2D eigenvalue weighted by atomic mass is 10.1. The van der Waals surface area contributed by atoms with Crippen molar-refractivity contribution in [1.29, 1.82) is 0 Å². The smallest absolute Gasteiger partial charge is 0.0928 e. The molecular formula is C13H21ClN2O2S. The SMILES string of the molecule is CCc1nn(CC)c(CC(O)C2CSCCO2)c1Cl. The molecule has 0 aliphatic carbocycles. The second-order valence-electron chi connectivity index (χ2n) is 4.63. The third-order valence-corrected chi connectivity index (χ3v) is 4.82. The Hall–Kier alpha value is -0.230. The molecule has 19 heavy (non-hydrogen) atoms. The molecule has 0 spiro atoms. The van der Waals surface area contributed by atoms with Gasteiger partial charge in [0.25, 0.3) is 0 Å². The summed E-state index contributed by atoms with van der Waals surface area (Å²) in [6.45, 7) is 5.55. The van der Waals surface area contributed by atoms with Gasteiger partial charge in [-0.15, -0.1) is 0 Å². The van der Waals surface area contributed by atoms with Crippen LogP contribution in [0.3, 0.4) is 0 Å². The first-order valence-corrected chi connectivity index (χ1v) is 8.32. The Morgan fingerprint density at radius 2 is 2.37 bits per heavy atom. The first kappa shape index (κ1) is 15.2. The van der Waals surface area contributed by atoms with Crippen molar-refractivity contribution in [3.8, 4) is 0 Å². The Bertz CT molecular complexity index is 419. The topological polar surface area (TPSA) is 47.3 Å². The Morgan fingerprint density at radius 1 is 1.58 bits per heavy atom. The minimum absolute atomic E-state index is 0.0971. The van der Waals surface area contributed by atoms with Gasteiger partial charge in [0.15, 0.2) is 0 Å². The van der Waals surface area contributed by atoms with Crippen molar-refractivity contribution < 1.29 is 9.84 Å². The van der Waals surface area contributed by atoms with Crippen LogP contribution in [0.2, 0.25) is 5.02 Å². The van der Waals surface area contributed by atoms with E-state index in [0.29, 0.717) is 18.1 Å². The molecule has 6 heteroatoms. The molecule has 1 aliphatic rings. The molecule has 1 aromatic rings. The lowest BCUT2D eigenvalue weighted by molar-refractivity contribution is -0.0215. The standard InChI is InChI=1S/C13H21ClN2O2S/c1-3-9-13(14)10(16(4-2)15-9)7-11(17)12-8-19-6-5-18-12/h11-12,17H,3-8H2,1-2H3. The fourth-order valence-corrected chi connectivity index (χ4v) is 3.55. The molecule has 2 unspecified atom stereocenters. The second kappa shape index (κ2) is 6.97. The Morgan fingerprint density at radius 3 is 2.95 bits per heavy atom. The van der Waals surface area contributed by atoms with Gasteiger partial charge in [0.2, 0.25) is 0 Å². The first-order chi connectivity index (χ1) is 9.17. The summed E-state index contributed by atoms with van der Waals surface area (Å²) in [5.74, 6) is 1.86.